The minimum absolute atomic E-state index is 0.279. The van der Waals surface area contributed by atoms with E-state index in [0.717, 1.165) is 17.2 Å². The van der Waals surface area contributed by atoms with Crippen LogP contribution in [0.5, 0.6) is 0 Å². The van der Waals surface area contributed by atoms with Crippen molar-refractivity contribution in [3.8, 4) is 0 Å². The van der Waals surface area contributed by atoms with Gasteiger partial charge in [0.25, 0.3) is 0 Å². The molecule has 0 aliphatic heterocycles. The summed E-state index contributed by atoms with van der Waals surface area (Å²) in [4.78, 5) is 11.8. The Morgan fingerprint density at radius 1 is 1.10 bits per heavy atom. The maximum absolute atomic E-state index is 11.8. The Hall–Kier alpha value is -2.61. The smallest absolute Gasteiger partial charge is 0.338 e. The number of hydrogen-bond donors (Lipinski definition) is 0. The van der Waals surface area contributed by atoms with Crippen LogP contribution in [0.4, 0.5) is 0 Å². The molecule has 4 rings (SSSR count). The van der Waals surface area contributed by atoms with E-state index in [1.807, 2.05) is 18.2 Å². The lowest BCUT2D eigenvalue weighted by molar-refractivity contribution is -0.133. The van der Waals surface area contributed by atoms with Gasteiger partial charge in [0.15, 0.2) is 0 Å². The van der Waals surface area contributed by atoms with Crippen LogP contribution < -0.4 is 10.4 Å². The van der Waals surface area contributed by atoms with Gasteiger partial charge in [0, 0.05) is 0 Å². The number of carbonyl (C=O) groups excluding carboxylic acids is 1. The molecule has 0 saturated heterocycles. The maximum Gasteiger partial charge on any atom is 0.338 e. The van der Waals surface area contributed by atoms with E-state index in [9.17, 15) is 4.79 Å². The summed E-state index contributed by atoms with van der Waals surface area (Å²) in [7, 11) is 1.42. The number of fused-ring (bicyclic) bond motifs is 5. The molecule has 102 valence electrons. The van der Waals surface area contributed by atoms with E-state index in [1.165, 1.54) is 28.7 Å². The molecule has 0 fully saturated rings. The predicted molar refractivity (Wildman–Crippen MR) is 85.0 cm³/mol. The fourth-order valence-electron chi connectivity index (χ4n) is 3.21. The van der Waals surface area contributed by atoms with Gasteiger partial charge in [-0.3, -0.25) is 0 Å². The van der Waals surface area contributed by atoms with Crippen molar-refractivity contribution in [2.45, 2.75) is 6.42 Å². The lowest BCUT2D eigenvalue weighted by atomic mass is 9.94. The Balaban J connectivity index is 2.09. The number of benzene rings is 2. The van der Waals surface area contributed by atoms with Crippen molar-refractivity contribution < 1.29 is 9.53 Å². The first-order valence-electron chi connectivity index (χ1n) is 7.02. The highest BCUT2D eigenvalue weighted by Crippen LogP contribution is 2.24. The first-order valence-corrected chi connectivity index (χ1v) is 7.02. The summed E-state index contributed by atoms with van der Waals surface area (Å²) in [6.07, 6.45) is 11.2. The number of rotatable bonds is 1. The molecule has 0 amide bonds. The topological polar surface area (TPSA) is 26.3 Å². The second-order valence-electron chi connectivity index (χ2n) is 5.29. The molecule has 0 spiro atoms. The average Bonchev–Trinajstić information content (AvgIpc) is 2.98. The van der Waals surface area contributed by atoms with Gasteiger partial charge in [-0.2, -0.15) is 0 Å². The van der Waals surface area contributed by atoms with Gasteiger partial charge in [0.1, 0.15) is 0 Å². The minimum Gasteiger partial charge on any atom is -0.465 e. The van der Waals surface area contributed by atoms with Crippen LogP contribution in [0.3, 0.4) is 0 Å². The molecule has 0 radical (unpaired) electrons. The molecule has 0 saturated carbocycles. The van der Waals surface area contributed by atoms with Crippen LogP contribution in [-0.2, 0) is 16.0 Å². The van der Waals surface area contributed by atoms with E-state index >= 15 is 0 Å². The molecule has 0 aromatic heterocycles. The summed E-state index contributed by atoms with van der Waals surface area (Å²) < 4.78 is 4.85. The summed E-state index contributed by atoms with van der Waals surface area (Å²) in [5, 5.41) is 4.71. The lowest BCUT2D eigenvalue weighted by Gasteiger charge is -2.10. The highest BCUT2D eigenvalue weighted by atomic mass is 16.5. The summed E-state index contributed by atoms with van der Waals surface area (Å²) in [5.74, 6) is -0.279. The molecule has 0 atom stereocenters. The highest BCUT2D eigenvalue weighted by Gasteiger charge is 2.16. The molecule has 0 unspecified atom stereocenters. The second-order valence-corrected chi connectivity index (χ2v) is 5.29. The van der Waals surface area contributed by atoms with Crippen molar-refractivity contribution in [3.05, 3.63) is 64.1 Å². The zero-order chi connectivity index (χ0) is 14.4. The zero-order valence-corrected chi connectivity index (χ0v) is 11.7. The molecule has 0 bridgehead atoms. The quantitative estimate of drug-likeness (QED) is 0.744. The molecular weight excluding hydrogens is 260 g/mol. The molecule has 2 heteroatoms. The Kier molecular flexibility index (Phi) is 2.58. The molecule has 2 aromatic carbocycles. The fraction of sp³-hybridized carbons (Fsp3) is 0.105. The predicted octanol–water partition coefficient (Wildman–Crippen LogP) is 2.08. The third kappa shape index (κ3) is 1.69. The molecule has 0 N–H and O–H groups in total. The van der Waals surface area contributed by atoms with Crippen molar-refractivity contribution in [2.75, 3.05) is 7.11 Å². The monoisotopic (exact) mass is 274 g/mol. The Labute approximate surface area is 122 Å². The van der Waals surface area contributed by atoms with E-state index in [2.05, 4.69) is 36.4 Å². The van der Waals surface area contributed by atoms with E-state index in [0.29, 0.717) is 5.57 Å². The summed E-state index contributed by atoms with van der Waals surface area (Å²) in [6, 6.07) is 8.46. The number of ether oxygens (including phenoxy) is 1. The Bertz CT molecular complexity index is 959. The van der Waals surface area contributed by atoms with Crippen molar-refractivity contribution >= 4 is 34.5 Å². The molecule has 21 heavy (non-hydrogen) atoms. The SMILES string of the molecule is COC(=O)C1=c2ccc3c4c(ccc3c2C=C1)=CC=CC4. The molecule has 2 aliphatic rings. The first-order chi connectivity index (χ1) is 10.3. The van der Waals surface area contributed by atoms with Crippen molar-refractivity contribution in [3.63, 3.8) is 0 Å². The number of hydrogen-bond acceptors (Lipinski definition) is 2. The third-order valence-electron chi connectivity index (χ3n) is 4.24. The van der Waals surface area contributed by atoms with Gasteiger partial charge in [-0.1, -0.05) is 48.6 Å². The van der Waals surface area contributed by atoms with Gasteiger partial charge in [0.2, 0.25) is 0 Å². The molecule has 2 aromatic rings. The first kappa shape index (κ1) is 12.2. The van der Waals surface area contributed by atoms with Crippen LogP contribution in [0, 0.1) is 0 Å². The van der Waals surface area contributed by atoms with Crippen LogP contribution in [0.15, 0.2) is 42.5 Å². The van der Waals surface area contributed by atoms with Gasteiger partial charge in [-0.05, 0) is 44.8 Å². The number of esters is 1. The Morgan fingerprint density at radius 2 is 1.95 bits per heavy atom. The largest absolute Gasteiger partial charge is 0.465 e. The van der Waals surface area contributed by atoms with Crippen molar-refractivity contribution in [1.82, 2.24) is 0 Å². The van der Waals surface area contributed by atoms with Gasteiger partial charge >= 0.3 is 5.97 Å². The van der Waals surface area contributed by atoms with E-state index in [1.54, 1.807) is 0 Å². The summed E-state index contributed by atoms with van der Waals surface area (Å²) in [6.45, 7) is 0. The zero-order valence-electron chi connectivity index (χ0n) is 11.7. The minimum atomic E-state index is -0.279. The maximum atomic E-state index is 11.8. The second kappa shape index (κ2) is 4.45. The van der Waals surface area contributed by atoms with Gasteiger partial charge in [-0.15, -0.1) is 0 Å². The normalized spacial score (nSPS) is 14.8. The standard InChI is InChI=1S/C19H14O2/c1-21-19(20)18-11-10-16-15-7-6-12-4-2-3-5-13(12)14(15)8-9-17(16)18/h2-4,6-11H,5H2,1H3. The van der Waals surface area contributed by atoms with Crippen LogP contribution >= 0.6 is 0 Å². The van der Waals surface area contributed by atoms with Crippen LogP contribution in [0.25, 0.3) is 28.5 Å². The fourth-order valence-corrected chi connectivity index (χ4v) is 3.21. The molecule has 2 aliphatic carbocycles. The van der Waals surface area contributed by atoms with E-state index in [4.69, 9.17) is 4.74 Å². The highest BCUT2D eigenvalue weighted by molar-refractivity contribution is 6.18. The van der Waals surface area contributed by atoms with Gasteiger partial charge in [0.05, 0.1) is 12.7 Å². The molecular formula is C19H14O2. The number of methoxy groups -OCH3 is 1. The average molecular weight is 274 g/mol. The molecule has 2 nitrogen and oxygen atoms in total. The van der Waals surface area contributed by atoms with Crippen molar-refractivity contribution in [1.29, 1.82) is 0 Å². The van der Waals surface area contributed by atoms with Crippen molar-refractivity contribution in [2.24, 2.45) is 0 Å². The van der Waals surface area contributed by atoms with E-state index in [-0.39, 0.29) is 5.97 Å². The van der Waals surface area contributed by atoms with Crippen LogP contribution in [-0.4, -0.2) is 13.1 Å². The Morgan fingerprint density at radius 3 is 2.81 bits per heavy atom. The van der Waals surface area contributed by atoms with E-state index < -0.39 is 0 Å². The third-order valence-corrected chi connectivity index (χ3v) is 4.24. The van der Waals surface area contributed by atoms with Crippen LogP contribution in [0.1, 0.15) is 11.1 Å². The van der Waals surface area contributed by atoms with Gasteiger partial charge < -0.3 is 4.74 Å². The molecule has 0 heterocycles. The van der Waals surface area contributed by atoms with Gasteiger partial charge in [-0.25, -0.2) is 4.79 Å². The number of allylic oxidation sites excluding steroid dienone is 2. The summed E-state index contributed by atoms with van der Waals surface area (Å²) >= 11 is 0. The lowest BCUT2D eigenvalue weighted by Crippen LogP contribution is -2.15. The summed E-state index contributed by atoms with van der Waals surface area (Å²) in [5.41, 5.74) is 3.11. The van der Waals surface area contributed by atoms with Crippen LogP contribution in [0.2, 0.25) is 0 Å². The number of carbonyl (C=O) groups is 1.